The van der Waals surface area contributed by atoms with Gasteiger partial charge in [-0.25, -0.2) is 0 Å². The number of aryl methyl sites for hydroxylation is 2. The van der Waals surface area contributed by atoms with Crippen LogP contribution >= 0.6 is 0 Å². The molecule has 2 heteroatoms. The predicted molar refractivity (Wildman–Crippen MR) is 75.2 cm³/mol. The minimum Gasteiger partial charge on any atom is -0.330 e. The summed E-state index contributed by atoms with van der Waals surface area (Å²) in [5.74, 6) is 0.369. The summed E-state index contributed by atoms with van der Waals surface area (Å²) in [6, 6.07) is 2.30. The van der Waals surface area contributed by atoms with E-state index in [1.165, 1.54) is 27.8 Å². The van der Waals surface area contributed by atoms with Gasteiger partial charge >= 0.3 is 0 Å². The molecule has 2 nitrogen and oxygen atoms in total. The van der Waals surface area contributed by atoms with Gasteiger partial charge in [0, 0.05) is 6.04 Å². The van der Waals surface area contributed by atoms with Crippen molar-refractivity contribution >= 4 is 0 Å². The van der Waals surface area contributed by atoms with Crippen LogP contribution in [0.4, 0.5) is 0 Å². The summed E-state index contributed by atoms with van der Waals surface area (Å²) in [7, 11) is 0. The highest BCUT2D eigenvalue weighted by Gasteiger charge is 2.21. The fraction of sp³-hybridized carbons (Fsp3) is 0.600. The Balaban J connectivity index is 3.29. The minimum atomic E-state index is 0.0589. The summed E-state index contributed by atoms with van der Waals surface area (Å²) in [4.78, 5) is 0. The van der Waals surface area contributed by atoms with Crippen LogP contribution in [0.5, 0.6) is 0 Å². The first-order chi connectivity index (χ1) is 7.93. The van der Waals surface area contributed by atoms with Crippen LogP contribution in [-0.2, 0) is 0 Å². The molecule has 2 unspecified atom stereocenters. The number of hydrogen-bond donors (Lipinski definition) is 2. The molecule has 1 aromatic rings. The maximum Gasteiger partial charge on any atom is 0.0341 e. The highest BCUT2D eigenvalue weighted by Crippen LogP contribution is 2.30. The fourth-order valence-corrected chi connectivity index (χ4v) is 2.55. The lowest BCUT2D eigenvalue weighted by atomic mass is 9.83. The minimum absolute atomic E-state index is 0.0589. The molecule has 96 valence electrons. The number of hydrogen-bond acceptors (Lipinski definition) is 2. The molecule has 1 aromatic carbocycles. The van der Waals surface area contributed by atoms with Crippen molar-refractivity contribution in [2.24, 2.45) is 17.4 Å². The van der Waals surface area contributed by atoms with Crippen LogP contribution in [0, 0.1) is 33.6 Å². The fourth-order valence-electron chi connectivity index (χ4n) is 2.55. The predicted octanol–water partition coefficient (Wildman–Crippen LogP) is 2.90. The van der Waals surface area contributed by atoms with Crippen LogP contribution in [0.2, 0.25) is 0 Å². The molecule has 0 saturated carbocycles. The van der Waals surface area contributed by atoms with Crippen molar-refractivity contribution in [1.29, 1.82) is 0 Å². The third kappa shape index (κ3) is 2.70. The Hall–Kier alpha value is -0.860. The monoisotopic (exact) mass is 234 g/mol. The van der Waals surface area contributed by atoms with Gasteiger partial charge in [0.25, 0.3) is 0 Å². The van der Waals surface area contributed by atoms with Crippen LogP contribution < -0.4 is 11.5 Å². The summed E-state index contributed by atoms with van der Waals surface area (Å²) in [5.41, 5.74) is 18.8. The van der Waals surface area contributed by atoms with Gasteiger partial charge in [0.15, 0.2) is 0 Å². The first-order valence-electron chi connectivity index (χ1n) is 6.46. The first-order valence-corrected chi connectivity index (χ1v) is 6.46. The molecule has 0 aliphatic carbocycles. The summed E-state index contributed by atoms with van der Waals surface area (Å²) in [6.45, 7) is 11.5. The molecule has 4 N–H and O–H groups in total. The molecule has 0 aromatic heterocycles. The lowest BCUT2D eigenvalue weighted by Crippen LogP contribution is -2.29. The SMILES string of the molecule is CCC(CN)C(N)c1c(C)c(C)cc(C)c1C. The molecular formula is C15H26N2. The zero-order valence-electron chi connectivity index (χ0n) is 11.8. The Labute approximate surface area is 105 Å². The van der Waals surface area contributed by atoms with Crippen LogP contribution in [0.15, 0.2) is 6.07 Å². The van der Waals surface area contributed by atoms with Gasteiger partial charge in [-0.15, -0.1) is 0 Å². The Morgan fingerprint density at radius 2 is 1.53 bits per heavy atom. The summed E-state index contributed by atoms with van der Waals surface area (Å²) in [6.07, 6.45) is 1.03. The van der Waals surface area contributed by atoms with E-state index in [2.05, 4.69) is 40.7 Å². The van der Waals surface area contributed by atoms with Gasteiger partial charge in [-0.1, -0.05) is 19.4 Å². The average Bonchev–Trinajstić information content (AvgIpc) is 2.28. The zero-order valence-corrected chi connectivity index (χ0v) is 11.8. The Morgan fingerprint density at radius 3 is 1.88 bits per heavy atom. The Kier molecular flexibility index (Phi) is 4.72. The van der Waals surface area contributed by atoms with E-state index in [9.17, 15) is 0 Å². The quantitative estimate of drug-likeness (QED) is 0.841. The van der Waals surface area contributed by atoms with Gasteiger partial charge in [-0.3, -0.25) is 0 Å². The highest BCUT2D eigenvalue weighted by atomic mass is 14.7. The largest absolute Gasteiger partial charge is 0.330 e. The second-order valence-corrected chi connectivity index (χ2v) is 5.10. The second kappa shape index (κ2) is 5.65. The normalized spacial score (nSPS) is 14.8. The van der Waals surface area contributed by atoms with E-state index in [1.807, 2.05) is 0 Å². The molecule has 0 amide bonds. The molecule has 0 fully saturated rings. The molecule has 0 radical (unpaired) electrons. The van der Waals surface area contributed by atoms with Crippen molar-refractivity contribution in [1.82, 2.24) is 0 Å². The molecule has 0 spiro atoms. The Morgan fingerprint density at radius 1 is 1.06 bits per heavy atom. The summed E-state index contributed by atoms with van der Waals surface area (Å²) < 4.78 is 0. The standard InChI is InChI=1S/C15H26N2/c1-6-13(8-16)15(17)14-11(4)9(2)7-10(3)12(14)5/h7,13,15H,6,8,16-17H2,1-5H3. The molecule has 0 aliphatic rings. The van der Waals surface area contributed by atoms with E-state index in [0.29, 0.717) is 12.5 Å². The van der Waals surface area contributed by atoms with Crippen LogP contribution in [-0.4, -0.2) is 6.54 Å². The van der Waals surface area contributed by atoms with Crippen molar-refractivity contribution in [3.8, 4) is 0 Å². The van der Waals surface area contributed by atoms with Gasteiger partial charge in [0.1, 0.15) is 0 Å². The summed E-state index contributed by atoms with van der Waals surface area (Å²) in [5, 5.41) is 0. The second-order valence-electron chi connectivity index (χ2n) is 5.10. The molecule has 0 saturated heterocycles. The lowest BCUT2D eigenvalue weighted by molar-refractivity contribution is 0.425. The maximum atomic E-state index is 6.42. The number of benzene rings is 1. The molecule has 0 heterocycles. The van der Waals surface area contributed by atoms with Crippen molar-refractivity contribution in [3.05, 3.63) is 33.9 Å². The van der Waals surface area contributed by atoms with Crippen molar-refractivity contribution in [3.63, 3.8) is 0 Å². The van der Waals surface area contributed by atoms with Gasteiger partial charge in [0.05, 0.1) is 0 Å². The first kappa shape index (κ1) is 14.2. The molecule has 1 rings (SSSR count). The van der Waals surface area contributed by atoms with E-state index >= 15 is 0 Å². The third-order valence-electron chi connectivity index (χ3n) is 4.09. The Bertz CT molecular complexity index is 366. The molecular weight excluding hydrogens is 208 g/mol. The van der Waals surface area contributed by atoms with Crippen LogP contribution in [0.25, 0.3) is 0 Å². The van der Waals surface area contributed by atoms with Gasteiger partial charge < -0.3 is 11.5 Å². The smallest absolute Gasteiger partial charge is 0.0341 e. The van der Waals surface area contributed by atoms with Gasteiger partial charge in [-0.2, -0.15) is 0 Å². The van der Waals surface area contributed by atoms with Gasteiger partial charge in [0.2, 0.25) is 0 Å². The summed E-state index contributed by atoms with van der Waals surface area (Å²) >= 11 is 0. The third-order valence-corrected chi connectivity index (χ3v) is 4.09. The maximum absolute atomic E-state index is 6.42. The van der Waals surface area contributed by atoms with Crippen molar-refractivity contribution < 1.29 is 0 Å². The van der Waals surface area contributed by atoms with E-state index in [0.717, 1.165) is 6.42 Å². The molecule has 0 bridgehead atoms. The average molecular weight is 234 g/mol. The molecule has 17 heavy (non-hydrogen) atoms. The van der Waals surface area contributed by atoms with Crippen LogP contribution in [0.3, 0.4) is 0 Å². The topological polar surface area (TPSA) is 52.0 Å². The van der Waals surface area contributed by atoms with E-state index in [1.54, 1.807) is 0 Å². The van der Waals surface area contributed by atoms with Crippen molar-refractivity contribution in [2.75, 3.05) is 6.54 Å². The van der Waals surface area contributed by atoms with E-state index in [4.69, 9.17) is 11.5 Å². The van der Waals surface area contributed by atoms with Gasteiger partial charge in [-0.05, 0) is 68.0 Å². The number of rotatable bonds is 4. The number of nitrogens with two attached hydrogens (primary N) is 2. The van der Waals surface area contributed by atoms with E-state index in [-0.39, 0.29) is 6.04 Å². The van der Waals surface area contributed by atoms with Crippen molar-refractivity contribution in [2.45, 2.75) is 47.1 Å². The lowest BCUT2D eigenvalue weighted by Gasteiger charge is -2.26. The molecule has 2 atom stereocenters. The van der Waals surface area contributed by atoms with Crippen LogP contribution in [0.1, 0.15) is 47.2 Å². The molecule has 0 aliphatic heterocycles. The van der Waals surface area contributed by atoms with E-state index < -0.39 is 0 Å². The highest BCUT2D eigenvalue weighted by molar-refractivity contribution is 5.45. The zero-order chi connectivity index (χ0) is 13.2.